The molecule has 4 saturated heterocycles. The van der Waals surface area contributed by atoms with Crippen LogP contribution in [-0.2, 0) is 52.3 Å². The van der Waals surface area contributed by atoms with Gasteiger partial charge in [0.25, 0.3) is 22.9 Å². The van der Waals surface area contributed by atoms with Crippen LogP contribution in [0.25, 0.3) is 0 Å². The van der Waals surface area contributed by atoms with Crippen LogP contribution in [0.2, 0.25) is 0 Å². The normalized spacial score (nSPS) is 24.7. The van der Waals surface area contributed by atoms with Gasteiger partial charge in [-0.3, -0.25) is 48.4 Å². The van der Waals surface area contributed by atoms with Crippen molar-refractivity contribution in [1.82, 2.24) is 50.8 Å². The molecule has 2 aromatic heterocycles. The lowest BCUT2D eigenvalue weighted by atomic mass is 9.91. The van der Waals surface area contributed by atoms with E-state index in [9.17, 15) is 42.7 Å². The van der Waals surface area contributed by atoms with Crippen LogP contribution < -0.4 is 42.2 Å². The first-order valence-corrected chi connectivity index (χ1v) is 29.5. The van der Waals surface area contributed by atoms with Gasteiger partial charge in [-0.05, 0) is 61.4 Å². The number of carbonyl (C=O) groups is 4. The monoisotopic (exact) mass is 1160 g/mol. The summed E-state index contributed by atoms with van der Waals surface area (Å²) in [6.07, 6.45) is -2.12. The molecule has 7 N–H and O–H groups in total. The van der Waals surface area contributed by atoms with Crippen molar-refractivity contribution in [2.45, 2.75) is 108 Å². The number of amides is 4. The van der Waals surface area contributed by atoms with Crippen molar-refractivity contribution >= 4 is 35.0 Å². The van der Waals surface area contributed by atoms with Crippen LogP contribution in [0.15, 0.2) is 70.3 Å². The number of fused-ring (bicyclic) bond motifs is 2. The highest BCUT2D eigenvalue weighted by Crippen LogP contribution is 2.40. The maximum atomic E-state index is 14.3. The van der Waals surface area contributed by atoms with Crippen LogP contribution in [0, 0.1) is 11.6 Å². The molecule has 4 aromatic rings. The van der Waals surface area contributed by atoms with Gasteiger partial charge in [-0.25, -0.2) is 8.78 Å². The Bertz CT molecular complexity index is 2950. The van der Waals surface area contributed by atoms with Crippen molar-refractivity contribution in [3.05, 3.63) is 127 Å². The molecule has 10 rings (SSSR count). The van der Waals surface area contributed by atoms with Crippen LogP contribution >= 0.6 is 0 Å². The summed E-state index contributed by atoms with van der Waals surface area (Å²) in [5.41, 5.74) is 3.87. The Morgan fingerprint density at radius 2 is 1.02 bits per heavy atom. The number of anilines is 2. The summed E-state index contributed by atoms with van der Waals surface area (Å²) in [6, 6.07) is 15.8. The van der Waals surface area contributed by atoms with E-state index in [1.807, 2.05) is 27.7 Å². The number of aliphatic hydroxyl groups excluding tert-OH is 1. The summed E-state index contributed by atoms with van der Waals surface area (Å²) >= 11 is 0. The van der Waals surface area contributed by atoms with Crippen molar-refractivity contribution < 1.29 is 42.5 Å². The summed E-state index contributed by atoms with van der Waals surface area (Å²) in [4.78, 5) is 101. The highest BCUT2D eigenvalue weighted by atomic mass is 19.1. The fourth-order valence-corrected chi connectivity index (χ4v) is 12.8. The Kier molecular flexibility index (Phi) is 18.6. The molecule has 0 bridgehead atoms. The standard InChI is InChI=1S/C61H82F2N12O9/c1-37-27-72(33-52(77)74-35-60(3,4)54-48(74)21-41(56(79)68-54)19-39-7-11-43(62)12-8-39)45(23-64-37)29-70-15-17-83-50(31-70)58(81)66-25-47(76)26-67-59(82)51-32-71(16-18-84-51)30-46-24-65-38(2)28-73(46)34-53(78)75-36-61(5,6)55-49(75)22-42(57(80)69-55)20-40-9-13-44(63)14-10-40/h7-14,21-22,37-38,45-47,50-51,64-65,76H,15-20,23-36H2,1-6H3,(H,66,81)(H,67,82)(H,68,79)(H,69,80)/t37-,38-,45-,46-,50+,51+/m1/s1. The number of nitrogens with zero attached hydrogens (tertiary/aromatic N) is 6. The number of ether oxygens (including phenoxy) is 2. The van der Waals surface area contributed by atoms with Crippen molar-refractivity contribution in [2.24, 2.45) is 0 Å². The largest absolute Gasteiger partial charge is 0.389 e. The molecular weight excluding hydrogens is 1080 g/mol. The van der Waals surface area contributed by atoms with E-state index in [0.29, 0.717) is 138 Å². The summed E-state index contributed by atoms with van der Waals surface area (Å²) in [6.45, 7) is 19.1. The van der Waals surface area contributed by atoms with Crippen molar-refractivity contribution in [2.75, 3.05) is 128 Å². The van der Waals surface area contributed by atoms with Gasteiger partial charge < -0.3 is 55.6 Å². The number of H-pyrrole nitrogens is 2. The lowest BCUT2D eigenvalue weighted by molar-refractivity contribution is -0.139. The number of nitrogens with one attached hydrogen (secondary N) is 6. The topological polar surface area (TPSA) is 240 Å². The third-order valence-electron chi connectivity index (χ3n) is 17.4. The maximum absolute atomic E-state index is 14.3. The third-order valence-corrected chi connectivity index (χ3v) is 17.4. The number of pyridine rings is 2. The first-order valence-electron chi connectivity index (χ1n) is 29.5. The smallest absolute Gasteiger partial charge is 0.251 e. The highest BCUT2D eigenvalue weighted by molar-refractivity contribution is 5.98. The van der Waals surface area contributed by atoms with E-state index in [0.717, 1.165) is 11.1 Å². The number of rotatable bonds is 18. The second-order valence-electron chi connectivity index (χ2n) is 25.3. The van der Waals surface area contributed by atoms with Crippen molar-refractivity contribution in [3.63, 3.8) is 0 Å². The highest BCUT2D eigenvalue weighted by Gasteiger charge is 2.43. The SMILES string of the molecule is C[C@@H]1CN(CC(=O)N2CC(C)(C)c3[nH]c(=O)c(Cc4ccc(F)cc4)cc32)[C@@H](CN2CCO[C@H](C(=O)NCC(O)CNC(=O)[C@@H]3CN(C[C@H]4CN[C@H](C)CN4CC(=O)N4CC(C)(C)c5[nH]c(=O)c(Cc6ccc(F)cc6)cc54)CCO3)C2)CN1. The number of morpholine rings is 2. The second-order valence-corrected chi connectivity index (χ2v) is 25.3. The number of aromatic nitrogens is 2. The summed E-state index contributed by atoms with van der Waals surface area (Å²) in [7, 11) is 0. The molecule has 23 heteroatoms. The van der Waals surface area contributed by atoms with Gasteiger partial charge in [-0.15, -0.1) is 0 Å². The summed E-state index contributed by atoms with van der Waals surface area (Å²) in [5.74, 6) is -1.65. The fraction of sp³-hybridized carbons (Fsp3) is 0.574. The fourth-order valence-electron chi connectivity index (χ4n) is 12.8. The zero-order valence-corrected chi connectivity index (χ0v) is 49.1. The van der Waals surface area contributed by atoms with Gasteiger partial charge in [0.15, 0.2) is 0 Å². The van der Waals surface area contributed by atoms with E-state index in [1.165, 1.54) is 24.3 Å². The number of hydrogen-bond donors (Lipinski definition) is 7. The zero-order valence-electron chi connectivity index (χ0n) is 49.1. The van der Waals surface area contributed by atoms with Crippen LogP contribution in [-0.4, -0.2) is 219 Å². The molecule has 6 atom stereocenters. The van der Waals surface area contributed by atoms with E-state index in [2.05, 4.69) is 64.7 Å². The van der Waals surface area contributed by atoms with Gasteiger partial charge in [0.05, 0.1) is 43.8 Å². The van der Waals surface area contributed by atoms with Crippen LogP contribution in [0.1, 0.15) is 75.2 Å². The van der Waals surface area contributed by atoms with Crippen LogP contribution in [0.4, 0.5) is 20.2 Å². The van der Waals surface area contributed by atoms with E-state index >= 15 is 0 Å². The van der Waals surface area contributed by atoms with E-state index in [1.54, 1.807) is 46.2 Å². The average molecular weight is 1170 g/mol. The minimum Gasteiger partial charge on any atom is -0.389 e. The molecule has 4 amide bonds. The molecule has 4 fully saturated rings. The molecule has 6 aliphatic heterocycles. The molecule has 0 unspecified atom stereocenters. The van der Waals surface area contributed by atoms with Crippen molar-refractivity contribution in [1.29, 1.82) is 0 Å². The lowest BCUT2D eigenvalue weighted by Crippen LogP contribution is -2.62. The average Bonchev–Trinajstić information content (AvgIpc) is 3.61. The van der Waals surface area contributed by atoms with E-state index in [-0.39, 0.29) is 96.7 Å². The van der Waals surface area contributed by atoms with Crippen LogP contribution in [0.3, 0.4) is 0 Å². The summed E-state index contributed by atoms with van der Waals surface area (Å²) < 4.78 is 39.1. The Hall–Kier alpha value is -6.28. The second kappa shape index (κ2) is 25.7. The molecule has 0 radical (unpaired) electrons. The molecule has 6 aliphatic rings. The molecule has 8 heterocycles. The Balaban J connectivity index is 0.676. The van der Waals surface area contributed by atoms with Gasteiger partial charge in [0.2, 0.25) is 11.8 Å². The number of hydrogen-bond acceptors (Lipinski definition) is 15. The number of halogens is 2. The molecule has 21 nitrogen and oxygen atoms in total. The number of aromatic amines is 2. The lowest BCUT2D eigenvalue weighted by Gasteiger charge is -2.43. The zero-order chi connectivity index (χ0) is 59.6. The molecule has 0 spiro atoms. The van der Waals surface area contributed by atoms with Gasteiger partial charge in [-0.1, -0.05) is 52.0 Å². The minimum absolute atomic E-state index is 0.0594. The van der Waals surface area contributed by atoms with Gasteiger partial charge >= 0.3 is 0 Å². The number of carbonyl (C=O) groups excluding carboxylic acids is 4. The maximum Gasteiger partial charge on any atom is 0.251 e. The molecular formula is C61H82F2N12O9. The predicted molar refractivity (Wildman–Crippen MR) is 313 cm³/mol. The van der Waals surface area contributed by atoms with Gasteiger partial charge in [0, 0.05) is 162 Å². The molecule has 84 heavy (non-hydrogen) atoms. The number of aliphatic hydroxyl groups is 1. The van der Waals surface area contributed by atoms with Crippen LogP contribution in [0.5, 0.6) is 0 Å². The van der Waals surface area contributed by atoms with Gasteiger partial charge in [0.1, 0.15) is 23.8 Å². The quantitative estimate of drug-likeness (QED) is 0.0730. The van der Waals surface area contributed by atoms with Crippen molar-refractivity contribution in [3.8, 4) is 0 Å². The Morgan fingerprint density at radius 3 is 1.42 bits per heavy atom. The Morgan fingerprint density at radius 1 is 0.631 bits per heavy atom. The number of piperazine rings is 2. The molecule has 2 aromatic carbocycles. The van der Waals surface area contributed by atoms with E-state index < -0.39 is 29.1 Å². The van der Waals surface area contributed by atoms with E-state index in [4.69, 9.17) is 9.47 Å². The minimum atomic E-state index is -1.09. The molecule has 0 aliphatic carbocycles. The molecule has 454 valence electrons. The predicted octanol–water partition coefficient (Wildman–Crippen LogP) is 0.791. The number of benzene rings is 2. The summed E-state index contributed by atoms with van der Waals surface area (Å²) in [5, 5.41) is 23.7. The molecule has 0 saturated carbocycles. The first kappa shape index (κ1) is 60.8. The first-order chi connectivity index (χ1) is 40.0. The Labute approximate surface area is 488 Å². The third kappa shape index (κ3) is 14.3. The van der Waals surface area contributed by atoms with Gasteiger partial charge in [-0.2, -0.15) is 0 Å².